The van der Waals surface area contributed by atoms with Crippen molar-refractivity contribution < 1.29 is 4.21 Å². The Kier molecular flexibility index (Phi) is 5.83. The summed E-state index contributed by atoms with van der Waals surface area (Å²) in [7, 11) is 1.39. The van der Waals surface area contributed by atoms with Gasteiger partial charge in [-0.1, -0.05) is 20.3 Å². The van der Waals surface area contributed by atoms with Crippen molar-refractivity contribution in [1.29, 1.82) is 0 Å². The summed E-state index contributed by atoms with van der Waals surface area (Å²) in [4.78, 5) is 0. The fourth-order valence-electron chi connectivity index (χ4n) is 2.56. The summed E-state index contributed by atoms with van der Waals surface area (Å²) in [6, 6.07) is 0.486. The second-order valence-electron chi connectivity index (χ2n) is 4.61. The molecule has 3 heteroatoms. The third-order valence-electron chi connectivity index (χ3n) is 3.59. The minimum absolute atomic E-state index is 0.397. The molecular weight excluding hydrogens is 206 g/mol. The highest BCUT2D eigenvalue weighted by atomic mass is 32.2. The van der Waals surface area contributed by atoms with E-state index in [1.54, 1.807) is 0 Å². The predicted molar refractivity (Wildman–Crippen MR) is 67.6 cm³/mol. The minimum atomic E-state index is -0.621. The van der Waals surface area contributed by atoms with Crippen LogP contribution in [-0.4, -0.2) is 28.3 Å². The lowest BCUT2D eigenvalue weighted by atomic mass is 9.84. The zero-order valence-corrected chi connectivity index (χ0v) is 11.1. The first-order valence-electron chi connectivity index (χ1n) is 6.27. The van der Waals surface area contributed by atoms with Gasteiger partial charge in [0.2, 0.25) is 0 Å². The van der Waals surface area contributed by atoms with Crippen LogP contribution in [0.4, 0.5) is 0 Å². The van der Waals surface area contributed by atoms with Crippen LogP contribution in [0.1, 0.15) is 46.0 Å². The van der Waals surface area contributed by atoms with Crippen LogP contribution in [0.2, 0.25) is 0 Å². The number of hydrogen-bond acceptors (Lipinski definition) is 2. The Morgan fingerprint density at radius 1 is 1.33 bits per heavy atom. The van der Waals surface area contributed by atoms with Gasteiger partial charge in [0.1, 0.15) is 0 Å². The Balaban J connectivity index is 2.58. The van der Waals surface area contributed by atoms with Crippen molar-refractivity contribution in [2.24, 2.45) is 5.92 Å². The van der Waals surface area contributed by atoms with E-state index in [9.17, 15) is 4.21 Å². The summed E-state index contributed by atoms with van der Waals surface area (Å²) in [5.74, 6) is 1.68. The zero-order chi connectivity index (χ0) is 11.3. The Hall–Kier alpha value is 0.110. The molecule has 1 aliphatic rings. The summed E-state index contributed by atoms with van der Waals surface area (Å²) in [5.41, 5.74) is 0. The van der Waals surface area contributed by atoms with Crippen LogP contribution < -0.4 is 5.32 Å². The molecule has 0 spiro atoms. The first-order chi connectivity index (χ1) is 7.22. The van der Waals surface area contributed by atoms with E-state index in [-0.39, 0.29) is 0 Å². The van der Waals surface area contributed by atoms with Gasteiger partial charge in [-0.3, -0.25) is 4.21 Å². The summed E-state index contributed by atoms with van der Waals surface area (Å²) in [6.45, 7) is 4.37. The van der Waals surface area contributed by atoms with Gasteiger partial charge in [-0.15, -0.1) is 0 Å². The molecule has 1 aliphatic carbocycles. The molecule has 4 unspecified atom stereocenters. The lowest BCUT2D eigenvalue weighted by molar-refractivity contribution is 0.301. The molecule has 1 N–H and O–H groups in total. The number of nitrogens with one attached hydrogen (secondary N) is 1. The van der Waals surface area contributed by atoms with E-state index in [1.165, 1.54) is 19.3 Å². The van der Waals surface area contributed by atoms with Gasteiger partial charge in [-0.2, -0.15) is 0 Å². The lowest BCUT2D eigenvalue weighted by Gasteiger charge is -2.35. The smallest absolute Gasteiger partial charge is 0.0503 e. The molecule has 15 heavy (non-hydrogen) atoms. The standard InChI is InChI=1S/C12H25NOS/c1-4-8-15(14)12-9-10(5-2)6-7-11(12)13-3/h10-13H,4-9H2,1-3H3. The largest absolute Gasteiger partial charge is 0.316 e. The topological polar surface area (TPSA) is 29.1 Å². The van der Waals surface area contributed by atoms with Crippen molar-refractivity contribution in [3.8, 4) is 0 Å². The molecule has 0 aromatic rings. The van der Waals surface area contributed by atoms with Crippen molar-refractivity contribution in [3.63, 3.8) is 0 Å². The average Bonchev–Trinajstić information content (AvgIpc) is 2.28. The van der Waals surface area contributed by atoms with Gasteiger partial charge in [0.15, 0.2) is 0 Å². The molecule has 90 valence electrons. The van der Waals surface area contributed by atoms with Crippen LogP contribution in [0.15, 0.2) is 0 Å². The summed E-state index contributed by atoms with van der Waals surface area (Å²) in [6.07, 6.45) is 5.96. The maximum Gasteiger partial charge on any atom is 0.0503 e. The Labute approximate surface area is 96.7 Å². The molecule has 0 bridgehead atoms. The average molecular weight is 231 g/mol. The lowest BCUT2D eigenvalue weighted by Crippen LogP contribution is -2.45. The van der Waals surface area contributed by atoms with Gasteiger partial charge in [-0.05, 0) is 38.6 Å². The maximum atomic E-state index is 12.1. The van der Waals surface area contributed by atoms with Crippen molar-refractivity contribution >= 4 is 10.8 Å². The Morgan fingerprint density at radius 2 is 2.07 bits per heavy atom. The van der Waals surface area contributed by atoms with Gasteiger partial charge in [0, 0.05) is 22.6 Å². The van der Waals surface area contributed by atoms with Crippen molar-refractivity contribution in [2.75, 3.05) is 12.8 Å². The second-order valence-corrected chi connectivity index (χ2v) is 6.38. The first kappa shape index (κ1) is 13.2. The van der Waals surface area contributed by atoms with Crippen LogP contribution >= 0.6 is 0 Å². The van der Waals surface area contributed by atoms with Crippen LogP contribution in [-0.2, 0) is 10.8 Å². The molecule has 0 aliphatic heterocycles. The van der Waals surface area contributed by atoms with Gasteiger partial charge < -0.3 is 5.32 Å². The van der Waals surface area contributed by atoms with Gasteiger partial charge in [0.25, 0.3) is 0 Å². The maximum absolute atomic E-state index is 12.1. The molecule has 1 saturated carbocycles. The van der Waals surface area contributed by atoms with Crippen molar-refractivity contribution in [3.05, 3.63) is 0 Å². The highest BCUT2D eigenvalue weighted by Crippen LogP contribution is 2.30. The van der Waals surface area contributed by atoms with E-state index < -0.39 is 10.8 Å². The van der Waals surface area contributed by atoms with E-state index in [0.29, 0.717) is 11.3 Å². The van der Waals surface area contributed by atoms with E-state index in [1.807, 2.05) is 7.05 Å². The highest BCUT2D eigenvalue weighted by molar-refractivity contribution is 7.85. The molecule has 1 fully saturated rings. The molecule has 0 amide bonds. The Morgan fingerprint density at radius 3 is 2.60 bits per heavy atom. The van der Waals surface area contributed by atoms with E-state index in [4.69, 9.17) is 0 Å². The SMILES string of the molecule is CCCS(=O)C1CC(CC)CCC1NC. The van der Waals surface area contributed by atoms with Crippen molar-refractivity contribution in [2.45, 2.75) is 57.2 Å². The van der Waals surface area contributed by atoms with Gasteiger partial charge in [-0.25, -0.2) is 0 Å². The first-order valence-corrected chi connectivity index (χ1v) is 7.65. The van der Waals surface area contributed by atoms with E-state index >= 15 is 0 Å². The molecule has 2 nitrogen and oxygen atoms in total. The van der Waals surface area contributed by atoms with E-state index in [2.05, 4.69) is 19.2 Å². The normalized spacial score (nSPS) is 33.9. The third kappa shape index (κ3) is 3.56. The zero-order valence-electron chi connectivity index (χ0n) is 10.3. The monoisotopic (exact) mass is 231 g/mol. The van der Waals surface area contributed by atoms with E-state index in [0.717, 1.165) is 24.5 Å². The number of rotatable bonds is 5. The third-order valence-corrected chi connectivity index (χ3v) is 5.60. The second kappa shape index (κ2) is 6.64. The Bertz CT molecular complexity index is 208. The van der Waals surface area contributed by atoms with Crippen LogP contribution in [0, 0.1) is 5.92 Å². The van der Waals surface area contributed by atoms with Crippen LogP contribution in [0.3, 0.4) is 0 Å². The summed E-state index contributed by atoms with van der Waals surface area (Å²) in [5, 5.41) is 3.74. The van der Waals surface area contributed by atoms with Crippen molar-refractivity contribution in [1.82, 2.24) is 5.32 Å². The van der Waals surface area contributed by atoms with Gasteiger partial charge in [0.05, 0.1) is 5.25 Å². The minimum Gasteiger partial charge on any atom is -0.316 e. The van der Waals surface area contributed by atoms with Crippen LogP contribution in [0.5, 0.6) is 0 Å². The summed E-state index contributed by atoms with van der Waals surface area (Å²) >= 11 is 0. The molecule has 1 rings (SSSR count). The predicted octanol–water partition coefficient (Wildman–Crippen LogP) is 2.31. The highest BCUT2D eigenvalue weighted by Gasteiger charge is 2.32. The molecule has 0 saturated heterocycles. The molecule has 0 heterocycles. The summed E-state index contributed by atoms with van der Waals surface area (Å²) < 4.78 is 12.1. The number of hydrogen-bond donors (Lipinski definition) is 1. The molecule has 0 aromatic heterocycles. The van der Waals surface area contributed by atoms with Gasteiger partial charge >= 0.3 is 0 Å². The molecule has 0 aromatic carbocycles. The fraction of sp³-hybridized carbons (Fsp3) is 1.00. The molecule has 0 radical (unpaired) electrons. The van der Waals surface area contributed by atoms with Crippen LogP contribution in [0.25, 0.3) is 0 Å². The molecule has 4 atom stereocenters. The molecular formula is C12H25NOS. The quantitative estimate of drug-likeness (QED) is 0.787. The fourth-order valence-corrected chi connectivity index (χ4v) is 4.39.